The van der Waals surface area contributed by atoms with Crippen LogP contribution in [0.25, 0.3) is 0 Å². The molecule has 6 nitrogen and oxygen atoms in total. The van der Waals surface area contributed by atoms with Crippen LogP contribution in [0.15, 0.2) is 24.3 Å². The Morgan fingerprint density at radius 1 is 1.24 bits per heavy atom. The first kappa shape index (κ1) is 15.8. The highest BCUT2D eigenvalue weighted by Gasteiger charge is 2.44. The number of hydrogen-bond donors (Lipinski definition) is 1. The fraction of sp³-hybridized carbons (Fsp3) is 0.533. The number of nitrogens with one attached hydrogen (secondary N) is 1. The predicted octanol–water partition coefficient (Wildman–Crippen LogP) is 1.26. The van der Waals surface area contributed by atoms with Crippen molar-refractivity contribution in [1.82, 2.24) is 5.32 Å². The summed E-state index contributed by atoms with van der Waals surface area (Å²) in [6.07, 6.45) is 0. The van der Waals surface area contributed by atoms with E-state index in [0.717, 1.165) is 11.3 Å². The molecule has 6 heteroatoms. The van der Waals surface area contributed by atoms with Crippen LogP contribution in [0.5, 0.6) is 5.75 Å². The zero-order valence-corrected chi connectivity index (χ0v) is 12.3. The summed E-state index contributed by atoms with van der Waals surface area (Å²) in [5.74, 6) is 0.527. The maximum Gasteiger partial charge on any atom is 0.325 e. The lowest BCUT2D eigenvalue weighted by Gasteiger charge is -2.07. The summed E-state index contributed by atoms with van der Waals surface area (Å²) in [6, 6.07) is 7.39. The third-order valence-corrected chi connectivity index (χ3v) is 3.10. The quantitative estimate of drug-likeness (QED) is 0.320. The van der Waals surface area contributed by atoms with Gasteiger partial charge in [0, 0.05) is 7.11 Å². The van der Waals surface area contributed by atoms with E-state index in [1.165, 1.54) is 0 Å². The van der Waals surface area contributed by atoms with E-state index in [9.17, 15) is 4.79 Å². The average molecular weight is 295 g/mol. The molecular formula is C15H21NO5. The van der Waals surface area contributed by atoms with Crippen LogP contribution in [0.4, 0.5) is 0 Å². The zero-order valence-electron chi connectivity index (χ0n) is 12.3. The van der Waals surface area contributed by atoms with E-state index >= 15 is 0 Å². The Balaban J connectivity index is 1.74. The molecule has 0 amide bonds. The molecule has 0 aromatic heterocycles. The second-order valence-corrected chi connectivity index (χ2v) is 4.61. The fourth-order valence-corrected chi connectivity index (χ4v) is 1.95. The highest BCUT2D eigenvalue weighted by atomic mass is 16.7. The first-order valence-corrected chi connectivity index (χ1v) is 6.98. The van der Waals surface area contributed by atoms with Crippen LogP contribution in [-0.4, -0.2) is 45.7 Å². The van der Waals surface area contributed by atoms with Crippen LogP contribution in [-0.2, 0) is 19.0 Å². The van der Waals surface area contributed by atoms with Gasteiger partial charge >= 0.3 is 5.97 Å². The van der Waals surface area contributed by atoms with Crippen molar-refractivity contribution in [2.24, 2.45) is 0 Å². The average Bonchev–Trinajstić information content (AvgIpc) is 3.29. The van der Waals surface area contributed by atoms with Gasteiger partial charge in [-0.3, -0.25) is 10.1 Å². The van der Waals surface area contributed by atoms with E-state index in [0.29, 0.717) is 19.8 Å². The molecule has 0 spiro atoms. The smallest absolute Gasteiger partial charge is 0.325 e. The Kier molecular flexibility index (Phi) is 5.98. The molecule has 116 valence electrons. The highest BCUT2D eigenvalue weighted by molar-refractivity contribution is 5.80. The molecule has 1 aromatic rings. The van der Waals surface area contributed by atoms with Crippen LogP contribution in [0.2, 0.25) is 0 Å². The molecule has 2 rings (SSSR count). The molecule has 2 atom stereocenters. The van der Waals surface area contributed by atoms with Gasteiger partial charge in [0.05, 0.1) is 25.9 Å². The van der Waals surface area contributed by atoms with Crippen molar-refractivity contribution in [2.45, 2.75) is 19.0 Å². The summed E-state index contributed by atoms with van der Waals surface area (Å²) in [4.78, 5) is 11.5. The number of ether oxygens (including phenoxy) is 4. The number of rotatable bonds is 9. The zero-order chi connectivity index (χ0) is 15.1. The van der Waals surface area contributed by atoms with Gasteiger partial charge in [-0.05, 0) is 24.6 Å². The summed E-state index contributed by atoms with van der Waals surface area (Å²) in [5, 5.41) is 3.10. The number of carbonyl (C=O) groups is 1. The van der Waals surface area contributed by atoms with Crippen LogP contribution in [0.3, 0.4) is 0 Å². The molecule has 0 aliphatic carbocycles. The van der Waals surface area contributed by atoms with Crippen molar-refractivity contribution in [3.05, 3.63) is 29.8 Å². The Labute approximate surface area is 124 Å². The molecule has 1 N–H and O–H groups in total. The maximum atomic E-state index is 11.5. The molecule has 1 aliphatic rings. The second kappa shape index (κ2) is 7.97. The lowest BCUT2D eigenvalue weighted by Crippen LogP contribution is -2.13. The van der Waals surface area contributed by atoms with E-state index in [1.54, 1.807) is 14.0 Å². The molecule has 21 heavy (non-hydrogen) atoms. The van der Waals surface area contributed by atoms with Gasteiger partial charge in [0.25, 0.3) is 0 Å². The number of carbonyl (C=O) groups excluding carboxylic acids is 1. The molecule has 0 saturated carbocycles. The molecule has 1 aliphatic heterocycles. The van der Waals surface area contributed by atoms with Gasteiger partial charge in [0.1, 0.15) is 11.8 Å². The Morgan fingerprint density at radius 2 is 2.00 bits per heavy atom. The van der Waals surface area contributed by atoms with Crippen molar-refractivity contribution in [2.75, 3.05) is 33.7 Å². The van der Waals surface area contributed by atoms with Gasteiger partial charge in [-0.2, -0.15) is 0 Å². The molecule has 1 heterocycles. The summed E-state index contributed by atoms with van der Waals surface area (Å²) in [5.41, 5.74) is 1.04. The molecule has 0 unspecified atom stereocenters. The predicted molar refractivity (Wildman–Crippen MR) is 76.1 cm³/mol. The Bertz CT molecular complexity index is 448. The molecule has 0 bridgehead atoms. The third kappa shape index (κ3) is 4.70. The molecule has 1 saturated heterocycles. The van der Waals surface area contributed by atoms with Gasteiger partial charge in [-0.1, -0.05) is 12.1 Å². The summed E-state index contributed by atoms with van der Waals surface area (Å²) in [7, 11) is 1.62. The van der Waals surface area contributed by atoms with Crippen molar-refractivity contribution in [1.29, 1.82) is 0 Å². The van der Waals surface area contributed by atoms with Crippen molar-refractivity contribution < 1.29 is 23.7 Å². The number of methoxy groups -OCH3 is 1. The molecule has 1 fully saturated rings. The van der Waals surface area contributed by atoms with Crippen LogP contribution < -0.4 is 10.1 Å². The highest BCUT2D eigenvalue weighted by Crippen LogP contribution is 2.31. The number of esters is 1. The van der Waals surface area contributed by atoms with Crippen molar-refractivity contribution >= 4 is 5.97 Å². The number of hydrogen-bond acceptors (Lipinski definition) is 6. The molecule has 1 aromatic carbocycles. The summed E-state index contributed by atoms with van der Waals surface area (Å²) in [6.45, 7) is 3.44. The minimum absolute atomic E-state index is 0.0380. The van der Waals surface area contributed by atoms with E-state index in [2.05, 4.69) is 5.32 Å². The first-order chi connectivity index (χ1) is 10.3. The Hall–Kier alpha value is -1.63. The van der Waals surface area contributed by atoms with Gasteiger partial charge in [0.2, 0.25) is 0 Å². The lowest BCUT2D eigenvalue weighted by atomic mass is 10.1. The first-order valence-electron chi connectivity index (χ1n) is 6.98. The molecular weight excluding hydrogens is 274 g/mol. The van der Waals surface area contributed by atoms with Crippen molar-refractivity contribution in [3.63, 3.8) is 0 Å². The van der Waals surface area contributed by atoms with E-state index < -0.39 is 0 Å². The minimum Gasteiger partial charge on any atom is -0.468 e. The topological polar surface area (TPSA) is 75.9 Å². The Morgan fingerprint density at radius 3 is 2.67 bits per heavy atom. The van der Waals surface area contributed by atoms with Gasteiger partial charge < -0.3 is 18.9 Å². The number of benzene rings is 1. The second-order valence-electron chi connectivity index (χ2n) is 4.61. The van der Waals surface area contributed by atoms with E-state index in [4.69, 9.17) is 18.9 Å². The normalized spacial score (nSPS) is 20.1. The van der Waals surface area contributed by atoms with Crippen molar-refractivity contribution in [3.8, 4) is 5.75 Å². The third-order valence-electron chi connectivity index (χ3n) is 3.10. The van der Waals surface area contributed by atoms with Gasteiger partial charge in [-0.25, -0.2) is 0 Å². The SMILES string of the molecule is CCOC(=O)[C@@H]1N[C@@H]1c1ccc(OCOCCOC)cc1. The van der Waals surface area contributed by atoms with Gasteiger partial charge in [-0.15, -0.1) is 0 Å². The largest absolute Gasteiger partial charge is 0.468 e. The lowest BCUT2D eigenvalue weighted by molar-refractivity contribution is -0.142. The summed E-state index contributed by atoms with van der Waals surface area (Å²) >= 11 is 0. The fourth-order valence-electron chi connectivity index (χ4n) is 1.95. The van der Waals surface area contributed by atoms with E-state index in [1.807, 2.05) is 24.3 Å². The van der Waals surface area contributed by atoms with Gasteiger partial charge in [0.15, 0.2) is 6.79 Å². The van der Waals surface area contributed by atoms with Crippen LogP contribution >= 0.6 is 0 Å². The molecule has 0 radical (unpaired) electrons. The standard InChI is InChI=1S/C15H21NO5/c1-3-20-15(17)14-13(16-14)11-4-6-12(7-5-11)21-10-19-9-8-18-2/h4-7,13-14,16H,3,8-10H2,1-2H3/t13-,14-/m1/s1. The van der Waals surface area contributed by atoms with Crippen LogP contribution in [0.1, 0.15) is 18.5 Å². The minimum atomic E-state index is -0.228. The van der Waals surface area contributed by atoms with Crippen LogP contribution in [0, 0.1) is 0 Å². The monoisotopic (exact) mass is 295 g/mol. The van der Waals surface area contributed by atoms with E-state index in [-0.39, 0.29) is 24.8 Å². The maximum absolute atomic E-state index is 11.5. The summed E-state index contributed by atoms with van der Waals surface area (Å²) < 4.78 is 20.5.